The summed E-state index contributed by atoms with van der Waals surface area (Å²) >= 11 is 0. The first-order chi connectivity index (χ1) is 14.0. The number of aliphatic hydroxyl groups is 1. The summed E-state index contributed by atoms with van der Waals surface area (Å²) in [4.78, 5) is 0. The SMILES string of the molecule is CC(C)OCC1OC(C)CC1OC(C)C.CC(C)OCC1OC(O)CC1OC(C)C. The maximum Gasteiger partial charge on any atom is 0.157 e. The van der Waals surface area contributed by atoms with Gasteiger partial charge in [0.2, 0.25) is 0 Å². The molecule has 0 aliphatic carbocycles. The van der Waals surface area contributed by atoms with E-state index in [0.717, 1.165) is 6.42 Å². The quantitative estimate of drug-likeness (QED) is 0.562. The van der Waals surface area contributed by atoms with Crippen molar-refractivity contribution < 1.29 is 33.5 Å². The molecule has 7 nitrogen and oxygen atoms in total. The van der Waals surface area contributed by atoms with Crippen LogP contribution in [0.25, 0.3) is 0 Å². The Morgan fingerprint density at radius 3 is 1.57 bits per heavy atom. The summed E-state index contributed by atoms with van der Waals surface area (Å²) < 4.78 is 33.6. The zero-order valence-corrected chi connectivity index (χ0v) is 20.5. The molecule has 2 aliphatic heterocycles. The van der Waals surface area contributed by atoms with Crippen molar-refractivity contribution in [3.8, 4) is 0 Å². The van der Waals surface area contributed by atoms with Crippen LogP contribution in [0.2, 0.25) is 0 Å². The summed E-state index contributed by atoms with van der Waals surface area (Å²) in [6, 6.07) is 0. The van der Waals surface area contributed by atoms with Crippen LogP contribution in [0.3, 0.4) is 0 Å². The van der Waals surface area contributed by atoms with Crippen LogP contribution in [-0.4, -0.2) is 79.5 Å². The minimum Gasteiger partial charge on any atom is -0.376 e. The average Bonchev–Trinajstić information content (AvgIpc) is 3.12. The summed E-state index contributed by atoms with van der Waals surface area (Å²) in [5.41, 5.74) is 0. The Bertz CT molecular complexity index is 401. The first-order valence-corrected chi connectivity index (χ1v) is 11.5. The van der Waals surface area contributed by atoms with E-state index in [9.17, 15) is 5.11 Å². The van der Waals surface area contributed by atoms with Crippen molar-refractivity contribution in [2.45, 2.75) is 136 Å². The van der Waals surface area contributed by atoms with Crippen LogP contribution < -0.4 is 0 Å². The van der Waals surface area contributed by atoms with Crippen LogP contribution >= 0.6 is 0 Å². The number of rotatable bonds is 10. The first kappa shape index (κ1) is 27.8. The predicted octanol–water partition coefficient (Wildman–Crippen LogP) is 3.69. The van der Waals surface area contributed by atoms with E-state index in [4.69, 9.17) is 28.4 Å². The maximum absolute atomic E-state index is 9.39. The van der Waals surface area contributed by atoms with Gasteiger partial charge in [-0.15, -0.1) is 0 Å². The number of hydrogen-bond acceptors (Lipinski definition) is 7. The summed E-state index contributed by atoms with van der Waals surface area (Å²) in [6.07, 6.45) is 2.00. The van der Waals surface area contributed by atoms with Gasteiger partial charge in [0.05, 0.1) is 55.9 Å². The molecule has 30 heavy (non-hydrogen) atoms. The Morgan fingerprint density at radius 1 is 0.700 bits per heavy atom. The number of aliphatic hydroxyl groups excluding tert-OH is 1. The largest absolute Gasteiger partial charge is 0.376 e. The van der Waals surface area contributed by atoms with Gasteiger partial charge in [0.25, 0.3) is 0 Å². The standard InChI is InChI=1S/C12H24O3.C11H22O4/c1-8(2)13-7-12-11(14-9(3)4)6-10(5)15-12;1-7(2)13-6-10-9(14-8(3)4)5-11(12)15-10/h8-12H,6-7H2,1-5H3;7-12H,5-6H2,1-4H3. The highest BCUT2D eigenvalue weighted by Crippen LogP contribution is 2.25. The van der Waals surface area contributed by atoms with E-state index in [-0.39, 0.29) is 54.9 Å². The molecule has 2 saturated heterocycles. The second kappa shape index (κ2) is 14.0. The topological polar surface area (TPSA) is 75.6 Å². The lowest BCUT2D eigenvalue weighted by atomic mass is 10.1. The van der Waals surface area contributed by atoms with Crippen molar-refractivity contribution in [1.82, 2.24) is 0 Å². The van der Waals surface area contributed by atoms with E-state index in [0.29, 0.717) is 19.6 Å². The van der Waals surface area contributed by atoms with Gasteiger partial charge in [0.1, 0.15) is 12.2 Å². The van der Waals surface area contributed by atoms with Crippen molar-refractivity contribution in [2.75, 3.05) is 13.2 Å². The van der Waals surface area contributed by atoms with Gasteiger partial charge in [-0.1, -0.05) is 0 Å². The molecule has 2 fully saturated rings. The van der Waals surface area contributed by atoms with E-state index in [2.05, 4.69) is 20.8 Å². The van der Waals surface area contributed by atoms with E-state index >= 15 is 0 Å². The Balaban J connectivity index is 0.000000300. The van der Waals surface area contributed by atoms with Crippen molar-refractivity contribution in [3.05, 3.63) is 0 Å². The van der Waals surface area contributed by atoms with E-state index in [1.54, 1.807) is 0 Å². The lowest BCUT2D eigenvalue weighted by Crippen LogP contribution is -2.32. The molecular weight excluding hydrogens is 388 g/mol. The molecule has 2 aliphatic rings. The molecule has 0 bridgehead atoms. The van der Waals surface area contributed by atoms with Gasteiger partial charge in [-0.2, -0.15) is 0 Å². The zero-order valence-electron chi connectivity index (χ0n) is 20.5. The third kappa shape index (κ3) is 11.4. The van der Waals surface area contributed by atoms with Crippen LogP contribution in [-0.2, 0) is 28.4 Å². The predicted molar refractivity (Wildman–Crippen MR) is 117 cm³/mol. The molecule has 1 N–H and O–H groups in total. The second-order valence-electron chi connectivity index (χ2n) is 9.30. The minimum absolute atomic E-state index is 0.0567. The fraction of sp³-hybridized carbons (Fsp3) is 1.00. The van der Waals surface area contributed by atoms with Crippen LogP contribution in [0, 0.1) is 0 Å². The second-order valence-corrected chi connectivity index (χ2v) is 9.30. The molecule has 180 valence electrons. The molecule has 7 heteroatoms. The lowest BCUT2D eigenvalue weighted by Gasteiger charge is -2.22. The zero-order chi connectivity index (χ0) is 22.8. The fourth-order valence-electron chi connectivity index (χ4n) is 3.47. The highest BCUT2D eigenvalue weighted by atomic mass is 16.7. The van der Waals surface area contributed by atoms with Gasteiger partial charge < -0.3 is 33.5 Å². The maximum atomic E-state index is 9.39. The van der Waals surface area contributed by atoms with E-state index in [1.165, 1.54) is 0 Å². The number of ether oxygens (including phenoxy) is 6. The Labute approximate surface area is 183 Å². The molecule has 0 radical (unpaired) electrons. The van der Waals surface area contributed by atoms with Gasteiger partial charge in [0.15, 0.2) is 6.29 Å². The smallest absolute Gasteiger partial charge is 0.157 e. The third-order valence-electron chi connectivity index (χ3n) is 4.65. The van der Waals surface area contributed by atoms with Crippen LogP contribution in [0.4, 0.5) is 0 Å². The molecule has 6 atom stereocenters. The van der Waals surface area contributed by atoms with Gasteiger partial charge in [0, 0.05) is 12.8 Å². The van der Waals surface area contributed by atoms with Gasteiger partial charge in [-0.25, -0.2) is 0 Å². The molecule has 0 amide bonds. The van der Waals surface area contributed by atoms with Crippen LogP contribution in [0.15, 0.2) is 0 Å². The van der Waals surface area contributed by atoms with E-state index < -0.39 is 6.29 Å². The molecule has 2 heterocycles. The molecule has 0 spiro atoms. The Hall–Kier alpha value is -0.280. The van der Waals surface area contributed by atoms with Gasteiger partial charge >= 0.3 is 0 Å². The average molecular weight is 435 g/mol. The normalized spacial score (nSPS) is 31.8. The van der Waals surface area contributed by atoms with Gasteiger partial charge in [-0.3, -0.25) is 0 Å². The summed E-state index contributed by atoms with van der Waals surface area (Å²) in [6.45, 7) is 19.3. The van der Waals surface area contributed by atoms with Crippen LogP contribution in [0.1, 0.15) is 75.2 Å². The molecule has 6 unspecified atom stereocenters. The van der Waals surface area contributed by atoms with Crippen molar-refractivity contribution in [2.24, 2.45) is 0 Å². The van der Waals surface area contributed by atoms with Crippen molar-refractivity contribution in [1.29, 1.82) is 0 Å². The highest BCUT2D eigenvalue weighted by Gasteiger charge is 2.36. The number of hydrogen-bond donors (Lipinski definition) is 1. The Morgan fingerprint density at radius 2 is 1.13 bits per heavy atom. The highest BCUT2D eigenvalue weighted by molar-refractivity contribution is 4.82. The summed E-state index contributed by atoms with van der Waals surface area (Å²) in [5, 5.41) is 9.39. The molecule has 0 aromatic heterocycles. The Kier molecular flexibility index (Phi) is 12.9. The fourth-order valence-corrected chi connectivity index (χ4v) is 3.47. The molecule has 0 aromatic rings. The lowest BCUT2D eigenvalue weighted by molar-refractivity contribution is -0.128. The molecular formula is C23H46O7. The summed E-state index contributed by atoms with van der Waals surface area (Å²) in [7, 11) is 0. The monoisotopic (exact) mass is 434 g/mol. The van der Waals surface area contributed by atoms with E-state index in [1.807, 2.05) is 41.5 Å². The molecule has 0 aromatic carbocycles. The van der Waals surface area contributed by atoms with Gasteiger partial charge in [-0.05, 0) is 62.3 Å². The van der Waals surface area contributed by atoms with Crippen molar-refractivity contribution >= 4 is 0 Å². The summed E-state index contributed by atoms with van der Waals surface area (Å²) in [5.74, 6) is 0. The van der Waals surface area contributed by atoms with Crippen molar-refractivity contribution in [3.63, 3.8) is 0 Å². The first-order valence-electron chi connectivity index (χ1n) is 11.5. The molecule has 0 saturated carbocycles. The molecule has 2 rings (SSSR count). The van der Waals surface area contributed by atoms with Crippen LogP contribution in [0.5, 0.6) is 0 Å². The third-order valence-corrected chi connectivity index (χ3v) is 4.65. The minimum atomic E-state index is -0.713.